The van der Waals surface area contributed by atoms with Crippen LogP contribution in [0.25, 0.3) is 0 Å². The maximum Gasteiger partial charge on any atom is 0.374 e. The second-order valence-corrected chi connectivity index (χ2v) is 3.38. The molecular weight excluding hydrogens is 187 g/mol. The standard InChI is InChI=1S/C2H2B2Cl4/c5-3(6)1-2-4(7)8/h1-2H/b2-1-. The highest BCUT2D eigenvalue weighted by Crippen LogP contribution is 2.01. The number of hydrogen-bond acceptors (Lipinski definition) is 0. The molecule has 0 heterocycles. The van der Waals surface area contributed by atoms with E-state index in [2.05, 4.69) is 0 Å². The maximum absolute atomic E-state index is 5.28. The predicted molar refractivity (Wildman–Crippen MR) is 44.1 cm³/mol. The van der Waals surface area contributed by atoms with Crippen molar-refractivity contribution < 1.29 is 0 Å². The fourth-order valence-electron chi connectivity index (χ4n) is 0.168. The number of hydrogen-bond donors (Lipinski definition) is 0. The summed E-state index contributed by atoms with van der Waals surface area (Å²) in [5, 5.41) is 0. The van der Waals surface area contributed by atoms with Crippen LogP contribution in [-0.2, 0) is 0 Å². The molecule has 0 aromatic heterocycles. The third kappa shape index (κ3) is 7.03. The summed E-state index contributed by atoms with van der Waals surface area (Å²) in [6, 6.07) is 0. The Kier molecular flexibility index (Phi) is 5.49. The molecule has 0 aromatic rings. The highest BCUT2D eigenvalue weighted by Gasteiger charge is 2.01. The molecule has 0 fully saturated rings. The summed E-state index contributed by atoms with van der Waals surface area (Å²) in [6.45, 7) is 0. The van der Waals surface area contributed by atoms with Gasteiger partial charge in [-0.15, -0.1) is 0 Å². The molecule has 0 saturated heterocycles. The normalized spacial score (nSPS) is 10.0. The second-order valence-electron chi connectivity index (χ2n) is 1.05. The van der Waals surface area contributed by atoms with E-state index in [4.69, 9.17) is 45.8 Å². The average Bonchev–Trinajstić information content (AvgIpc) is 1.61. The lowest BCUT2D eigenvalue weighted by Crippen LogP contribution is -1.90. The van der Waals surface area contributed by atoms with Gasteiger partial charge in [-0.25, -0.2) is 0 Å². The molecular formula is C2H2B2Cl4. The highest BCUT2D eigenvalue weighted by molar-refractivity contribution is 7.38. The molecule has 0 aliphatic rings. The Morgan fingerprint density at radius 2 is 1.00 bits per heavy atom. The van der Waals surface area contributed by atoms with Crippen molar-refractivity contribution in [2.24, 2.45) is 0 Å². The first-order chi connectivity index (χ1) is 3.63. The Bertz CT molecular complexity index is 70.1. The molecule has 0 N–H and O–H groups in total. The quantitative estimate of drug-likeness (QED) is 0.586. The van der Waals surface area contributed by atoms with Crippen LogP contribution in [0, 0.1) is 0 Å². The first-order valence-corrected chi connectivity index (χ1v) is 3.62. The molecule has 44 valence electrons. The summed E-state index contributed by atoms with van der Waals surface area (Å²) in [5.41, 5.74) is -1.04. The van der Waals surface area contributed by atoms with Crippen LogP contribution in [0.5, 0.6) is 0 Å². The zero-order valence-corrected chi connectivity index (χ0v) is 6.84. The predicted octanol–water partition coefficient (Wildman–Crippen LogP) is 2.55. The second kappa shape index (κ2) is 4.87. The van der Waals surface area contributed by atoms with Crippen LogP contribution in [0.2, 0.25) is 0 Å². The highest BCUT2D eigenvalue weighted by atomic mass is 35.5. The molecule has 6 heteroatoms. The van der Waals surface area contributed by atoms with E-state index in [0.29, 0.717) is 0 Å². The molecule has 0 amide bonds. The van der Waals surface area contributed by atoms with Crippen LogP contribution in [0.4, 0.5) is 0 Å². The summed E-state index contributed by atoms with van der Waals surface area (Å²) in [4.78, 5) is 0. The molecule has 0 atom stereocenters. The largest absolute Gasteiger partial charge is 0.374 e. The van der Waals surface area contributed by atoms with Gasteiger partial charge in [0.1, 0.15) is 0 Å². The number of halogens is 4. The molecule has 0 bridgehead atoms. The minimum atomic E-state index is -0.519. The molecule has 0 aromatic carbocycles. The number of rotatable bonds is 2. The molecule has 0 nitrogen and oxygen atoms in total. The van der Waals surface area contributed by atoms with Gasteiger partial charge in [0.05, 0.1) is 0 Å². The summed E-state index contributed by atoms with van der Waals surface area (Å²) >= 11 is 21.1. The lowest BCUT2D eigenvalue weighted by molar-refractivity contribution is 2.44. The van der Waals surface area contributed by atoms with E-state index in [1.807, 2.05) is 0 Å². The van der Waals surface area contributed by atoms with Crippen LogP contribution >= 0.6 is 45.8 Å². The van der Waals surface area contributed by atoms with E-state index < -0.39 is 11.1 Å². The smallest absolute Gasteiger partial charge is 0.165 e. The SMILES string of the molecule is ClB(Cl)/C=C\B(Cl)Cl. The van der Waals surface area contributed by atoms with Crippen LogP contribution in [0.3, 0.4) is 0 Å². The van der Waals surface area contributed by atoms with Gasteiger partial charge >= 0.3 is 11.1 Å². The first kappa shape index (κ1) is 9.03. The summed E-state index contributed by atoms with van der Waals surface area (Å²) in [7, 11) is 0. The van der Waals surface area contributed by atoms with Crippen LogP contribution in [0.1, 0.15) is 0 Å². The fraction of sp³-hybridized carbons (Fsp3) is 0. The van der Waals surface area contributed by atoms with Crippen molar-refractivity contribution >= 4 is 56.9 Å². The fourth-order valence-corrected chi connectivity index (χ4v) is 0.504. The summed E-state index contributed by atoms with van der Waals surface area (Å²) in [5.74, 6) is 3.02. The molecule has 0 unspecified atom stereocenters. The lowest BCUT2D eigenvalue weighted by atomic mass is 9.98. The van der Waals surface area contributed by atoms with E-state index in [1.54, 1.807) is 0 Å². The minimum Gasteiger partial charge on any atom is -0.165 e. The van der Waals surface area contributed by atoms with Crippen LogP contribution in [-0.4, -0.2) is 11.1 Å². The van der Waals surface area contributed by atoms with E-state index in [0.717, 1.165) is 0 Å². The van der Waals surface area contributed by atoms with Crippen LogP contribution < -0.4 is 0 Å². The van der Waals surface area contributed by atoms with Gasteiger partial charge in [0.15, 0.2) is 0 Å². The Hall–Kier alpha value is 1.03. The van der Waals surface area contributed by atoms with Crippen LogP contribution in [0.15, 0.2) is 12.0 Å². The first-order valence-electron chi connectivity index (χ1n) is 1.87. The Morgan fingerprint density at radius 3 is 1.12 bits per heavy atom. The zero-order chi connectivity index (χ0) is 6.57. The third-order valence-corrected chi connectivity index (χ3v) is 0.984. The van der Waals surface area contributed by atoms with Gasteiger partial charge in [-0.3, -0.25) is 0 Å². The van der Waals surface area contributed by atoms with E-state index in [1.165, 1.54) is 12.0 Å². The minimum absolute atomic E-state index is 0.519. The van der Waals surface area contributed by atoms with Crippen molar-refractivity contribution in [2.45, 2.75) is 0 Å². The van der Waals surface area contributed by atoms with E-state index in [9.17, 15) is 0 Å². The Labute approximate surface area is 68.9 Å². The topological polar surface area (TPSA) is 0 Å². The van der Waals surface area contributed by atoms with E-state index >= 15 is 0 Å². The molecule has 0 saturated carbocycles. The maximum atomic E-state index is 5.28. The van der Waals surface area contributed by atoms with Crippen molar-refractivity contribution in [3.8, 4) is 0 Å². The summed E-state index contributed by atoms with van der Waals surface area (Å²) < 4.78 is 0. The zero-order valence-electron chi connectivity index (χ0n) is 3.82. The van der Waals surface area contributed by atoms with Crippen molar-refractivity contribution in [3.05, 3.63) is 12.0 Å². The van der Waals surface area contributed by atoms with Crippen molar-refractivity contribution in [2.75, 3.05) is 0 Å². The van der Waals surface area contributed by atoms with Gasteiger partial charge < -0.3 is 0 Å². The Morgan fingerprint density at radius 1 is 0.750 bits per heavy atom. The third-order valence-electron chi connectivity index (χ3n) is 0.402. The molecule has 0 spiro atoms. The molecule has 0 rings (SSSR count). The monoisotopic (exact) mass is 188 g/mol. The summed E-state index contributed by atoms with van der Waals surface area (Å²) in [6.07, 6.45) is 0. The van der Waals surface area contributed by atoms with Gasteiger partial charge in [-0.2, -0.15) is 45.8 Å². The van der Waals surface area contributed by atoms with Crippen molar-refractivity contribution in [3.63, 3.8) is 0 Å². The van der Waals surface area contributed by atoms with Gasteiger partial charge in [0.2, 0.25) is 0 Å². The van der Waals surface area contributed by atoms with E-state index in [-0.39, 0.29) is 0 Å². The van der Waals surface area contributed by atoms with Gasteiger partial charge in [-0.1, -0.05) is 12.0 Å². The van der Waals surface area contributed by atoms with Gasteiger partial charge in [0.25, 0.3) is 0 Å². The van der Waals surface area contributed by atoms with Gasteiger partial charge in [0, 0.05) is 0 Å². The molecule has 8 heavy (non-hydrogen) atoms. The Balaban J connectivity index is 3.34. The molecule has 0 radical (unpaired) electrons. The average molecular weight is 189 g/mol. The van der Waals surface area contributed by atoms with Crippen molar-refractivity contribution in [1.29, 1.82) is 0 Å². The lowest BCUT2D eigenvalue weighted by Gasteiger charge is -1.82. The van der Waals surface area contributed by atoms with Gasteiger partial charge in [-0.05, 0) is 0 Å². The molecule has 0 aliphatic carbocycles. The molecule has 0 aliphatic heterocycles. The van der Waals surface area contributed by atoms with Crippen molar-refractivity contribution in [1.82, 2.24) is 0 Å².